The molecule has 0 aromatic carbocycles. The maximum atomic E-state index is 13.0. The Morgan fingerprint density at radius 2 is 2.14 bits per heavy atom. The van der Waals surface area contributed by atoms with Gasteiger partial charge in [-0.3, -0.25) is 0 Å². The highest BCUT2D eigenvalue weighted by atomic mass is 19.4. The number of nitrogens with zero attached hydrogens (tertiary/aromatic N) is 4. The monoisotopic (exact) mass is 406 g/mol. The van der Waals surface area contributed by atoms with E-state index in [1.54, 1.807) is 6.07 Å². The molecule has 11 heteroatoms. The third-order valence-electron chi connectivity index (χ3n) is 4.56. The van der Waals surface area contributed by atoms with Crippen molar-refractivity contribution in [1.82, 2.24) is 20.3 Å². The molecule has 1 saturated heterocycles. The maximum absolute atomic E-state index is 13.0. The zero-order valence-corrected chi connectivity index (χ0v) is 15.8. The number of rotatable bonds is 6. The zero-order valence-electron chi connectivity index (χ0n) is 15.8. The molecule has 1 fully saturated rings. The maximum Gasteiger partial charge on any atom is 0.421 e. The fourth-order valence-electron chi connectivity index (χ4n) is 3.08. The molecule has 0 radical (unpaired) electrons. The largest absolute Gasteiger partial charge is 0.421 e. The summed E-state index contributed by atoms with van der Waals surface area (Å²) in [5, 5.41) is 21.1. The fourth-order valence-corrected chi connectivity index (χ4v) is 3.08. The molecule has 1 atom stereocenters. The Bertz CT molecular complexity index is 888. The Balaban J connectivity index is 1.76. The van der Waals surface area contributed by atoms with Crippen LogP contribution in [0.15, 0.2) is 18.5 Å². The summed E-state index contributed by atoms with van der Waals surface area (Å²) in [7, 11) is 1.35. The average Bonchev–Trinajstić information content (AvgIpc) is 2.72. The second kappa shape index (κ2) is 8.91. The van der Waals surface area contributed by atoms with Crippen LogP contribution in [0.25, 0.3) is 0 Å². The highest BCUT2D eigenvalue weighted by Crippen LogP contribution is 2.34. The third-order valence-corrected chi connectivity index (χ3v) is 4.56. The van der Waals surface area contributed by atoms with Gasteiger partial charge in [0.25, 0.3) is 0 Å². The minimum Gasteiger partial charge on any atom is -0.382 e. The quantitative estimate of drug-likeness (QED) is 0.580. The van der Waals surface area contributed by atoms with Crippen molar-refractivity contribution < 1.29 is 13.2 Å². The predicted octanol–water partition coefficient (Wildman–Crippen LogP) is 2.96. The summed E-state index contributed by atoms with van der Waals surface area (Å²) in [6, 6.07) is 3.70. The molecule has 0 amide bonds. The van der Waals surface area contributed by atoms with Crippen molar-refractivity contribution in [3.8, 4) is 6.07 Å². The summed E-state index contributed by atoms with van der Waals surface area (Å²) >= 11 is 0. The van der Waals surface area contributed by atoms with E-state index in [9.17, 15) is 18.4 Å². The molecule has 2 aromatic heterocycles. The van der Waals surface area contributed by atoms with Gasteiger partial charge in [-0.05, 0) is 37.9 Å². The summed E-state index contributed by atoms with van der Waals surface area (Å²) in [4.78, 5) is 11.7. The van der Waals surface area contributed by atoms with E-state index in [1.165, 1.54) is 13.2 Å². The highest BCUT2D eigenvalue weighted by molar-refractivity contribution is 5.65. The SMILES string of the molecule is CNc1nc(Nc2cnc(C#N)c(NC[C@@H]3CCCNC3)c2)ncc1C(F)(F)F. The van der Waals surface area contributed by atoms with E-state index in [-0.39, 0.29) is 17.5 Å². The topological polar surface area (TPSA) is 111 Å². The van der Waals surface area contributed by atoms with Gasteiger partial charge < -0.3 is 21.3 Å². The van der Waals surface area contributed by atoms with Gasteiger partial charge in [-0.2, -0.15) is 23.4 Å². The van der Waals surface area contributed by atoms with Gasteiger partial charge in [-0.15, -0.1) is 0 Å². The van der Waals surface area contributed by atoms with Crippen molar-refractivity contribution in [1.29, 1.82) is 5.26 Å². The number of anilines is 4. The molecular weight excluding hydrogens is 385 g/mol. The van der Waals surface area contributed by atoms with Gasteiger partial charge in [0.1, 0.15) is 17.5 Å². The normalized spacial score (nSPS) is 16.7. The summed E-state index contributed by atoms with van der Waals surface area (Å²) in [6.45, 7) is 2.61. The highest BCUT2D eigenvalue weighted by Gasteiger charge is 2.35. The second-order valence-corrected chi connectivity index (χ2v) is 6.65. The number of hydrogen-bond acceptors (Lipinski definition) is 8. The number of halogens is 3. The molecule has 3 rings (SSSR count). The molecule has 0 spiro atoms. The first-order valence-electron chi connectivity index (χ1n) is 9.14. The van der Waals surface area contributed by atoms with Gasteiger partial charge in [0, 0.05) is 19.8 Å². The predicted molar refractivity (Wildman–Crippen MR) is 103 cm³/mol. The van der Waals surface area contributed by atoms with Gasteiger partial charge in [0.2, 0.25) is 5.95 Å². The summed E-state index contributed by atoms with van der Waals surface area (Å²) < 4.78 is 38.9. The average molecular weight is 406 g/mol. The van der Waals surface area contributed by atoms with Crippen molar-refractivity contribution >= 4 is 23.1 Å². The minimum atomic E-state index is -4.56. The Kier molecular flexibility index (Phi) is 6.33. The van der Waals surface area contributed by atoms with E-state index in [1.807, 2.05) is 6.07 Å². The van der Waals surface area contributed by atoms with E-state index in [0.717, 1.165) is 25.9 Å². The summed E-state index contributed by atoms with van der Waals surface area (Å²) in [6.07, 6.45) is -0.229. The smallest absolute Gasteiger partial charge is 0.382 e. The van der Waals surface area contributed by atoms with E-state index < -0.39 is 11.7 Å². The van der Waals surface area contributed by atoms with Crippen LogP contribution in [0.3, 0.4) is 0 Å². The Morgan fingerprint density at radius 3 is 2.79 bits per heavy atom. The first-order chi connectivity index (χ1) is 13.9. The van der Waals surface area contributed by atoms with Crippen LogP contribution >= 0.6 is 0 Å². The summed E-state index contributed by atoms with van der Waals surface area (Å²) in [5.74, 6) is 0.0966. The molecule has 0 saturated carbocycles. The number of aromatic nitrogens is 3. The van der Waals surface area contributed by atoms with Crippen LogP contribution in [0.4, 0.5) is 36.3 Å². The zero-order chi connectivity index (χ0) is 20.9. The molecule has 3 heterocycles. The molecule has 8 nitrogen and oxygen atoms in total. The molecule has 154 valence electrons. The minimum absolute atomic E-state index is 0.0173. The van der Waals surface area contributed by atoms with Gasteiger partial charge >= 0.3 is 6.18 Å². The van der Waals surface area contributed by atoms with E-state index in [0.29, 0.717) is 30.0 Å². The van der Waals surface area contributed by atoms with Crippen LogP contribution in [-0.4, -0.2) is 41.6 Å². The lowest BCUT2D eigenvalue weighted by atomic mass is 9.99. The van der Waals surface area contributed by atoms with Crippen LogP contribution in [0, 0.1) is 17.2 Å². The number of nitrogens with one attached hydrogen (secondary N) is 4. The van der Waals surface area contributed by atoms with Crippen LogP contribution in [-0.2, 0) is 6.18 Å². The number of alkyl halides is 3. The van der Waals surface area contributed by atoms with Crippen LogP contribution in [0.1, 0.15) is 24.1 Å². The molecule has 1 aliphatic rings. The lowest BCUT2D eigenvalue weighted by Crippen LogP contribution is -2.33. The van der Waals surface area contributed by atoms with E-state index in [4.69, 9.17) is 0 Å². The van der Waals surface area contributed by atoms with Crippen LogP contribution in [0.2, 0.25) is 0 Å². The molecule has 2 aromatic rings. The van der Waals surface area contributed by atoms with Crippen molar-refractivity contribution in [2.24, 2.45) is 5.92 Å². The van der Waals surface area contributed by atoms with Crippen molar-refractivity contribution in [3.05, 3.63) is 29.7 Å². The van der Waals surface area contributed by atoms with Crippen molar-refractivity contribution in [2.45, 2.75) is 19.0 Å². The molecule has 4 N–H and O–H groups in total. The van der Waals surface area contributed by atoms with Crippen LogP contribution < -0.4 is 21.3 Å². The molecule has 29 heavy (non-hydrogen) atoms. The number of pyridine rings is 1. The first-order valence-corrected chi connectivity index (χ1v) is 9.14. The molecular formula is C18H21F3N8. The first kappa shape index (κ1) is 20.6. The van der Waals surface area contributed by atoms with E-state index in [2.05, 4.69) is 36.2 Å². The van der Waals surface area contributed by atoms with Gasteiger partial charge in [-0.25, -0.2) is 9.97 Å². The van der Waals surface area contributed by atoms with Gasteiger partial charge in [0.15, 0.2) is 5.69 Å². The Labute approximate surface area is 166 Å². The molecule has 0 aliphatic carbocycles. The standard InChI is InChI=1S/C18H21F3N8/c1-23-16-13(18(19,20)21)10-27-17(29-16)28-12-5-14(15(6-22)26-9-12)25-8-11-3-2-4-24-7-11/h5,9-11,24-25H,2-4,7-8H2,1H3,(H2,23,27,28,29)/t11-/m1/s1. The third kappa shape index (κ3) is 5.23. The molecule has 0 bridgehead atoms. The number of hydrogen-bond donors (Lipinski definition) is 4. The van der Waals surface area contributed by atoms with Gasteiger partial charge in [0.05, 0.1) is 17.6 Å². The molecule has 1 aliphatic heterocycles. The Hall–Kier alpha value is -3.13. The lowest BCUT2D eigenvalue weighted by Gasteiger charge is -2.23. The van der Waals surface area contributed by atoms with Crippen molar-refractivity contribution in [3.63, 3.8) is 0 Å². The summed E-state index contributed by atoms with van der Waals surface area (Å²) in [5.41, 5.74) is 0.287. The number of nitriles is 1. The van der Waals surface area contributed by atoms with Crippen molar-refractivity contribution in [2.75, 3.05) is 42.6 Å². The lowest BCUT2D eigenvalue weighted by molar-refractivity contribution is -0.137. The Morgan fingerprint density at radius 1 is 1.31 bits per heavy atom. The van der Waals surface area contributed by atoms with Crippen LogP contribution in [0.5, 0.6) is 0 Å². The van der Waals surface area contributed by atoms with Gasteiger partial charge in [-0.1, -0.05) is 0 Å². The van der Waals surface area contributed by atoms with E-state index >= 15 is 0 Å². The fraction of sp³-hybridized carbons (Fsp3) is 0.444. The second-order valence-electron chi connectivity index (χ2n) is 6.65. The number of piperidine rings is 1. The molecule has 0 unspecified atom stereocenters.